The summed E-state index contributed by atoms with van der Waals surface area (Å²) in [5.41, 5.74) is 0.609. The molecule has 0 radical (unpaired) electrons. The van der Waals surface area contributed by atoms with Gasteiger partial charge in [-0.1, -0.05) is 40.0 Å². The molecule has 1 saturated heterocycles. The van der Waals surface area contributed by atoms with Gasteiger partial charge in [-0.2, -0.15) is 0 Å². The average Bonchev–Trinajstić information content (AvgIpc) is 2.19. The van der Waals surface area contributed by atoms with Crippen LogP contribution < -0.4 is 0 Å². The summed E-state index contributed by atoms with van der Waals surface area (Å²) in [5.74, 6) is 0. The van der Waals surface area contributed by atoms with E-state index in [1.807, 2.05) is 0 Å². The number of rotatable bonds is 4. The van der Waals surface area contributed by atoms with E-state index < -0.39 is 0 Å². The van der Waals surface area contributed by atoms with Crippen LogP contribution in [0.15, 0.2) is 0 Å². The highest BCUT2D eigenvalue weighted by Gasteiger charge is 2.33. The molecular formula is C12H24O. The van der Waals surface area contributed by atoms with E-state index in [2.05, 4.69) is 20.8 Å². The summed E-state index contributed by atoms with van der Waals surface area (Å²) in [6, 6.07) is 0. The Labute approximate surface area is 82.9 Å². The molecule has 0 N–H and O–H groups in total. The van der Waals surface area contributed by atoms with Crippen LogP contribution in [0.1, 0.15) is 59.3 Å². The molecule has 1 aliphatic rings. The highest BCUT2D eigenvalue weighted by atomic mass is 16.5. The lowest BCUT2D eigenvalue weighted by Gasteiger charge is -2.40. The van der Waals surface area contributed by atoms with Crippen LogP contribution in [0, 0.1) is 5.41 Å². The second-order valence-electron chi connectivity index (χ2n) is 4.44. The van der Waals surface area contributed by atoms with Crippen LogP contribution in [-0.4, -0.2) is 12.7 Å². The summed E-state index contributed by atoms with van der Waals surface area (Å²) in [4.78, 5) is 0. The Bertz CT molecular complexity index is 136. The summed E-state index contributed by atoms with van der Waals surface area (Å²) in [7, 11) is 0. The van der Waals surface area contributed by atoms with Crippen molar-refractivity contribution in [2.75, 3.05) is 6.61 Å². The van der Waals surface area contributed by atoms with Crippen molar-refractivity contribution in [3.8, 4) is 0 Å². The van der Waals surface area contributed by atoms with Gasteiger partial charge >= 0.3 is 0 Å². The normalized spacial score (nSPS) is 27.5. The second-order valence-corrected chi connectivity index (χ2v) is 4.44. The van der Waals surface area contributed by atoms with Crippen LogP contribution in [-0.2, 0) is 4.74 Å². The van der Waals surface area contributed by atoms with E-state index in [0.29, 0.717) is 11.5 Å². The topological polar surface area (TPSA) is 9.23 Å². The van der Waals surface area contributed by atoms with Gasteiger partial charge in [0, 0.05) is 6.61 Å². The molecule has 0 aromatic rings. The lowest BCUT2D eigenvalue weighted by molar-refractivity contribution is -0.0551. The van der Waals surface area contributed by atoms with Gasteiger partial charge in [0.05, 0.1) is 6.10 Å². The Morgan fingerprint density at radius 2 is 1.92 bits per heavy atom. The summed E-state index contributed by atoms with van der Waals surface area (Å²) in [6.07, 6.45) is 8.29. The molecule has 0 bridgehead atoms. The molecule has 0 aliphatic carbocycles. The summed E-state index contributed by atoms with van der Waals surface area (Å²) < 4.78 is 5.78. The first kappa shape index (κ1) is 11.0. The third-order valence-electron chi connectivity index (χ3n) is 3.76. The van der Waals surface area contributed by atoms with Crippen LogP contribution in [0.4, 0.5) is 0 Å². The molecule has 0 spiro atoms. The highest BCUT2D eigenvalue weighted by molar-refractivity contribution is 4.83. The minimum Gasteiger partial charge on any atom is -0.378 e. The maximum Gasteiger partial charge on any atom is 0.0580 e. The van der Waals surface area contributed by atoms with Crippen molar-refractivity contribution < 1.29 is 4.74 Å². The van der Waals surface area contributed by atoms with Crippen molar-refractivity contribution in [1.82, 2.24) is 0 Å². The third-order valence-corrected chi connectivity index (χ3v) is 3.76. The maximum atomic E-state index is 5.78. The largest absolute Gasteiger partial charge is 0.378 e. The Balaban J connectivity index is 2.48. The lowest BCUT2D eigenvalue weighted by atomic mass is 9.73. The molecule has 0 saturated carbocycles. The minimum atomic E-state index is 0.554. The highest BCUT2D eigenvalue weighted by Crippen LogP contribution is 2.40. The first-order valence-corrected chi connectivity index (χ1v) is 5.88. The fourth-order valence-electron chi connectivity index (χ4n) is 2.49. The SMILES string of the molecule is CCCC1CC(CC)(CC)CCO1. The minimum absolute atomic E-state index is 0.554. The van der Waals surface area contributed by atoms with Crippen molar-refractivity contribution >= 4 is 0 Å². The molecule has 1 fully saturated rings. The van der Waals surface area contributed by atoms with Crippen LogP contribution in [0.25, 0.3) is 0 Å². The molecule has 0 aromatic heterocycles. The fourth-order valence-corrected chi connectivity index (χ4v) is 2.49. The zero-order valence-electron chi connectivity index (χ0n) is 9.44. The predicted octanol–water partition coefficient (Wildman–Crippen LogP) is 3.77. The van der Waals surface area contributed by atoms with Crippen molar-refractivity contribution in [3.63, 3.8) is 0 Å². The van der Waals surface area contributed by atoms with Crippen LogP contribution >= 0.6 is 0 Å². The first-order valence-electron chi connectivity index (χ1n) is 5.88. The quantitative estimate of drug-likeness (QED) is 0.646. The zero-order chi connectivity index (χ0) is 9.73. The van der Waals surface area contributed by atoms with Gasteiger partial charge in [0.2, 0.25) is 0 Å². The van der Waals surface area contributed by atoms with E-state index in [9.17, 15) is 0 Å². The van der Waals surface area contributed by atoms with Crippen molar-refractivity contribution in [2.24, 2.45) is 5.41 Å². The van der Waals surface area contributed by atoms with Crippen LogP contribution in [0.3, 0.4) is 0 Å². The van der Waals surface area contributed by atoms with Crippen molar-refractivity contribution in [3.05, 3.63) is 0 Å². The van der Waals surface area contributed by atoms with Crippen molar-refractivity contribution in [2.45, 2.75) is 65.4 Å². The summed E-state index contributed by atoms with van der Waals surface area (Å²) in [5, 5.41) is 0. The standard InChI is InChI=1S/C12H24O/c1-4-7-11-10-12(5-2,6-3)8-9-13-11/h11H,4-10H2,1-3H3. The molecule has 1 aliphatic heterocycles. The third kappa shape index (κ3) is 2.70. The van der Waals surface area contributed by atoms with Gasteiger partial charge in [0.25, 0.3) is 0 Å². The van der Waals surface area contributed by atoms with Gasteiger partial charge in [-0.15, -0.1) is 0 Å². The lowest BCUT2D eigenvalue weighted by Crippen LogP contribution is -2.34. The van der Waals surface area contributed by atoms with Gasteiger partial charge in [0.15, 0.2) is 0 Å². The van der Waals surface area contributed by atoms with E-state index in [1.54, 1.807) is 0 Å². The zero-order valence-corrected chi connectivity index (χ0v) is 9.44. The summed E-state index contributed by atoms with van der Waals surface area (Å²) >= 11 is 0. The fraction of sp³-hybridized carbons (Fsp3) is 1.00. The van der Waals surface area contributed by atoms with E-state index >= 15 is 0 Å². The molecule has 0 amide bonds. The molecule has 1 heterocycles. The monoisotopic (exact) mass is 184 g/mol. The Hall–Kier alpha value is -0.0400. The van der Waals surface area contributed by atoms with E-state index in [4.69, 9.17) is 4.74 Å². The molecular weight excluding hydrogens is 160 g/mol. The second kappa shape index (κ2) is 4.99. The molecule has 0 aromatic carbocycles. The van der Waals surface area contributed by atoms with E-state index in [1.165, 1.54) is 38.5 Å². The number of hydrogen-bond acceptors (Lipinski definition) is 1. The molecule has 13 heavy (non-hydrogen) atoms. The maximum absolute atomic E-state index is 5.78. The first-order chi connectivity index (χ1) is 6.26. The predicted molar refractivity (Wildman–Crippen MR) is 56.9 cm³/mol. The molecule has 1 heteroatoms. The van der Waals surface area contributed by atoms with Gasteiger partial charge in [-0.3, -0.25) is 0 Å². The Kier molecular flexibility index (Phi) is 4.24. The average molecular weight is 184 g/mol. The number of ether oxygens (including phenoxy) is 1. The van der Waals surface area contributed by atoms with Gasteiger partial charge in [-0.05, 0) is 24.7 Å². The molecule has 1 nitrogen and oxygen atoms in total. The smallest absolute Gasteiger partial charge is 0.0580 e. The van der Waals surface area contributed by atoms with Gasteiger partial charge in [0.1, 0.15) is 0 Å². The van der Waals surface area contributed by atoms with Crippen LogP contribution in [0.2, 0.25) is 0 Å². The van der Waals surface area contributed by atoms with E-state index in [0.717, 1.165) is 6.61 Å². The summed E-state index contributed by atoms with van der Waals surface area (Å²) in [6.45, 7) is 7.90. The Morgan fingerprint density at radius 1 is 1.23 bits per heavy atom. The molecule has 1 atom stereocenters. The molecule has 1 rings (SSSR count). The van der Waals surface area contributed by atoms with E-state index in [-0.39, 0.29) is 0 Å². The van der Waals surface area contributed by atoms with Crippen LogP contribution in [0.5, 0.6) is 0 Å². The molecule has 1 unspecified atom stereocenters. The van der Waals surface area contributed by atoms with Gasteiger partial charge < -0.3 is 4.74 Å². The van der Waals surface area contributed by atoms with Gasteiger partial charge in [-0.25, -0.2) is 0 Å². The molecule has 78 valence electrons. The Morgan fingerprint density at radius 3 is 2.46 bits per heavy atom. The van der Waals surface area contributed by atoms with Crippen molar-refractivity contribution in [1.29, 1.82) is 0 Å². The number of hydrogen-bond donors (Lipinski definition) is 0.